The first-order chi connectivity index (χ1) is 7.67. The van der Waals surface area contributed by atoms with Crippen LogP contribution in [0.15, 0.2) is 24.3 Å². The number of nitrogens with two attached hydrogens (primary N) is 1. The molecule has 0 aromatic heterocycles. The quantitative estimate of drug-likeness (QED) is 0.801. The highest BCUT2D eigenvalue weighted by molar-refractivity contribution is 5.90. The zero-order valence-corrected chi connectivity index (χ0v) is 9.99. The summed E-state index contributed by atoms with van der Waals surface area (Å²) in [5, 5.41) is 2.81. The van der Waals surface area contributed by atoms with Crippen LogP contribution >= 0.6 is 0 Å². The average molecular weight is 220 g/mol. The molecular formula is C13H20N2O. The Bertz CT molecular complexity index is 332. The molecular weight excluding hydrogens is 200 g/mol. The zero-order chi connectivity index (χ0) is 12.0. The number of carbonyl (C=O) groups is 1. The van der Waals surface area contributed by atoms with E-state index in [9.17, 15) is 4.79 Å². The largest absolute Gasteiger partial charge is 0.330 e. The van der Waals surface area contributed by atoms with Crippen molar-refractivity contribution in [3.05, 3.63) is 29.8 Å². The average Bonchev–Trinajstić information content (AvgIpc) is 2.29. The van der Waals surface area contributed by atoms with E-state index in [-0.39, 0.29) is 5.91 Å². The van der Waals surface area contributed by atoms with E-state index in [1.165, 1.54) is 5.56 Å². The number of rotatable bonds is 5. The number of carbonyl (C=O) groups excluding carboxylic acids is 1. The number of benzene rings is 1. The lowest BCUT2D eigenvalue weighted by molar-refractivity contribution is -0.116. The third kappa shape index (κ3) is 3.66. The molecule has 0 aliphatic rings. The van der Waals surface area contributed by atoms with Gasteiger partial charge in [-0.15, -0.1) is 0 Å². The molecule has 0 bridgehead atoms. The lowest BCUT2D eigenvalue weighted by Crippen LogP contribution is -2.16. The fourth-order valence-electron chi connectivity index (χ4n) is 1.49. The van der Waals surface area contributed by atoms with Gasteiger partial charge in [0.05, 0.1) is 0 Å². The van der Waals surface area contributed by atoms with E-state index in [0.29, 0.717) is 18.9 Å². The summed E-state index contributed by atoms with van der Waals surface area (Å²) in [5.41, 5.74) is 7.45. The van der Waals surface area contributed by atoms with Gasteiger partial charge in [0.25, 0.3) is 0 Å². The van der Waals surface area contributed by atoms with Crippen LogP contribution in [0.5, 0.6) is 0 Å². The molecule has 0 fully saturated rings. The van der Waals surface area contributed by atoms with Gasteiger partial charge >= 0.3 is 0 Å². The Morgan fingerprint density at radius 3 is 2.50 bits per heavy atom. The minimum atomic E-state index is -0.0289. The standard InChI is InChI=1S/C13H20N2O/c1-3-10(2)11-4-6-12(7-5-11)15-13(16)8-9-14/h4-7,10H,3,8-9,14H2,1-2H3,(H,15,16)/t10-/m0/s1. The van der Waals surface area contributed by atoms with Gasteiger partial charge in [-0.2, -0.15) is 0 Å². The number of nitrogens with one attached hydrogen (secondary N) is 1. The maximum atomic E-state index is 11.3. The molecule has 3 nitrogen and oxygen atoms in total. The third-order valence-electron chi connectivity index (χ3n) is 2.75. The molecule has 0 unspecified atom stereocenters. The first-order valence-electron chi connectivity index (χ1n) is 5.77. The van der Waals surface area contributed by atoms with E-state index in [1.54, 1.807) is 0 Å². The highest BCUT2D eigenvalue weighted by Crippen LogP contribution is 2.20. The van der Waals surface area contributed by atoms with E-state index in [0.717, 1.165) is 12.1 Å². The minimum absolute atomic E-state index is 0.0289. The fraction of sp³-hybridized carbons (Fsp3) is 0.462. The summed E-state index contributed by atoms with van der Waals surface area (Å²) >= 11 is 0. The Hall–Kier alpha value is -1.35. The summed E-state index contributed by atoms with van der Waals surface area (Å²) in [7, 11) is 0. The molecule has 3 heteroatoms. The second-order valence-corrected chi connectivity index (χ2v) is 4.02. The molecule has 1 rings (SSSR count). The molecule has 0 spiro atoms. The van der Waals surface area contributed by atoms with E-state index < -0.39 is 0 Å². The second-order valence-electron chi connectivity index (χ2n) is 4.02. The van der Waals surface area contributed by atoms with Crippen LogP contribution in [-0.4, -0.2) is 12.5 Å². The van der Waals surface area contributed by atoms with E-state index in [2.05, 4.69) is 31.3 Å². The van der Waals surface area contributed by atoms with Crippen LogP contribution in [0, 0.1) is 0 Å². The first-order valence-corrected chi connectivity index (χ1v) is 5.77. The molecule has 1 amide bonds. The van der Waals surface area contributed by atoms with Gasteiger partial charge in [-0.25, -0.2) is 0 Å². The molecule has 0 radical (unpaired) electrons. The Balaban J connectivity index is 2.61. The summed E-state index contributed by atoms with van der Waals surface area (Å²) in [5.74, 6) is 0.535. The summed E-state index contributed by atoms with van der Waals surface area (Å²) in [4.78, 5) is 11.3. The highest BCUT2D eigenvalue weighted by Gasteiger charge is 2.04. The SMILES string of the molecule is CC[C@H](C)c1ccc(NC(=O)CCN)cc1. The molecule has 0 aliphatic heterocycles. The monoisotopic (exact) mass is 220 g/mol. The fourth-order valence-corrected chi connectivity index (χ4v) is 1.49. The Morgan fingerprint density at radius 1 is 1.38 bits per heavy atom. The van der Waals surface area contributed by atoms with Gasteiger partial charge < -0.3 is 11.1 Å². The van der Waals surface area contributed by atoms with Crippen molar-refractivity contribution in [2.75, 3.05) is 11.9 Å². The second kappa shape index (κ2) is 6.28. The molecule has 0 saturated carbocycles. The smallest absolute Gasteiger partial charge is 0.225 e. The van der Waals surface area contributed by atoms with Crippen molar-refractivity contribution in [3.8, 4) is 0 Å². The van der Waals surface area contributed by atoms with Gasteiger partial charge in [0.1, 0.15) is 0 Å². The minimum Gasteiger partial charge on any atom is -0.330 e. The van der Waals surface area contributed by atoms with Crippen LogP contribution in [0.3, 0.4) is 0 Å². The molecule has 88 valence electrons. The van der Waals surface area contributed by atoms with Gasteiger partial charge in [-0.3, -0.25) is 4.79 Å². The van der Waals surface area contributed by atoms with Crippen molar-refractivity contribution in [1.29, 1.82) is 0 Å². The summed E-state index contributed by atoms with van der Waals surface area (Å²) < 4.78 is 0. The van der Waals surface area contributed by atoms with Crippen LogP contribution in [-0.2, 0) is 4.79 Å². The number of anilines is 1. The normalized spacial score (nSPS) is 12.2. The van der Waals surface area contributed by atoms with Gasteiger partial charge in [-0.1, -0.05) is 26.0 Å². The maximum Gasteiger partial charge on any atom is 0.225 e. The number of hydrogen-bond donors (Lipinski definition) is 2. The Labute approximate surface area is 97.0 Å². The molecule has 3 N–H and O–H groups in total. The maximum absolute atomic E-state index is 11.3. The van der Waals surface area contributed by atoms with Crippen LogP contribution in [0.25, 0.3) is 0 Å². The van der Waals surface area contributed by atoms with Gasteiger partial charge in [0.15, 0.2) is 0 Å². The van der Waals surface area contributed by atoms with Crippen molar-refractivity contribution < 1.29 is 4.79 Å². The predicted molar refractivity (Wildman–Crippen MR) is 67.4 cm³/mol. The van der Waals surface area contributed by atoms with E-state index in [1.807, 2.05) is 12.1 Å². The highest BCUT2D eigenvalue weighted by atomic mass is 16.1. The lowest BCUT2D eigenvalue weighted by atomic mass is 9.99. The molecule has 0 saturated heterocycles. The first kappa shape index (κ1) is 12.7. The van der Waals surface area contributed by atoms with E-state index >= 15 is 0 Å². The zero-order valence-electron chi connectivity index (χ0n) is 9.99. The summed E-state index contributed by atoms with van der Waals surface area (Å²) in [6.45, 7) is 4.75. The Kier molecular flexibility index (Phi) is 4.99. The lowest BCUT2D eigenvalue weighted by Gasteiger charge is -2.10. The van der Waals surface area contributed by atoms with Crippen LogP contribution < -0.4 is 11.1 Å². The van der Waals surface area contributed by atoms with Gasteiger partial charge in [-0.05, 0) is 30.0 Å². The molecule has 0 aliphatic carbocycles. The van der Waals surface area contributed by atoms with Crippen molar-refractivity contribution >= 4 is 11.6 Å². The van der Waals surface area contributed by atoms with Crippen molar-refractivity contribution in [3.63, 3.8) is 0 Å². The van der Waals surface area contributed by atoms with Crippen LogP contribution in [0.2, 0.25) is 0 Å². The predicted octanol–water partition coefficient (Wildman–Crippen LogP) is 2.49. The molecule has 1 atom stereocenters. The van der Waals surface area contributed by atoms with Crippen molar-refractivity contribution in [2.45, 2.75) is 32.6 Å². The van der Waals surface area contributed by atoms with Crippen LogP contribution in [0.4, 0.5) is 5.69 Å². The van der Waals surface area contributed by atoms with E-state index in [4.69, 9.17) is 5.73 Å². The third-order valence-corrected chi connectivity index (χ3v) is 2.75. The number of amides is 1. The van der Waals surface area contributed by atoms with Crippen molar-refractivity contribution in [1.82, 2.24) is 0 Å². The Morgan fingerprint density at radius 2 is 2.00 bits per heavy atom. The molecule has 1 aromatic rings. The topological polar surface area (TPSA) is 55.1 Å². The molecule has 0 heterocycles. The van der Waals surface area contributed by atoms with Gasteiger partial charge in [0, 0.05) is 18.7 Å². The molecule has 16 heavy (non-hydrogen) atoms. The summed E-state index contributed by atoms with van der Waals surface area (Å²) in [6, 6.07) is 8.00. The van der Waals surface area contributed by atoms with Crippen molar-refractivity contribution in [2.24, 2.45) is 5.73 Å². The van der Waals surface area contributed by atoms with Gasteiger partial charge in [0.2, 0.25) is 5.91 Å². The number of hydrogen-bond acceptors (Lipinski definition) is 2. The summed E-state index contributed by atoms with van der Waals surface area (Å²) in [6.07, 6.45) is 1.49. The van der Waals surface area contributed by atoms with Crippen LogP contribution in [0.1, 0.15) is 38.2 Å². The molecule has 1 aromatic carbocycles.